The number of hydrogen-bond acceptors (Lipinski definition) is 6. The minimum atomic E-state index is -4.65. The number of alkyl halides is 3. The minimum absolute atomic E-state index is 0.192. The fourth-order valence-corrected chi connectivity index (χ4v) is 6.40. The van der Waals surface area contributed by atoms with Crippen molar-refractivity contribution in [3.05, 3.63) is 47.7 Å². The number of aromatic nitrogens is 5. The lowest BCUT2D eigenvalue weighted by molar-refractivity contribution is -0.194. The summed E-state index contributed by atoms with van der Waals surface area (Å²) >= 11 is 0. The average molecular weight is 588 g/mol. The average Bonchev–Trinajstić information content (AvgIpc) is 3.87. The number of imidazole rings is 1. The molecule has 0 bridgehead atoms. The summed E-state index contributed by atoms with van der Waals surface area (Å²) < 4.78 is 43.6. The number of carboxylic acids is 1. The highest BCUT2D eigenvalue weighted by Gasteiger charge is 2.56. The van der Waals surface area contributed by atoms with Crippen LogP contribution in [0.25, 0.3) is 5.65 Å². The van der Waals surface area contributed by atoms with Crippen molar-refractivity contribution >= 4 is 23.4 Å². The number of fused-ring (bicyclic) bond motifs is 1. The van der Waals surface area contributed by atoms with E-state index in [-0.39, 0.29) is 17.4 Å². The molecule has 0 aromatic carbocycles. The molecule has 3 aromatic heterocycles. The molecule has 2 amide bonds. The fraction of sp³-hybridized carbons (Fsp3) is 0.571. The van der Waals surface area contributed by atoms with E-state index in [0.29, 0.717) is 35.4 Å². The molecular weight excluding hydrogens is 555 g/mol. The number of carbonyl (C=O) groups is 3. The highest BCUT2D eigenvalue weighted by atomic mass is 19.4. The van der Waals surface area contributed by atoms with Gasteiger partial charge in [-0.25, -0.2) is 9.50 Å². The van der Waals surface area contributed by atoms with E-state index in [1.807, 2.05) is 6.92 Å². The largest absolute Gasteiger partial charge is 0.480 e. The van der Waals surface area contributed by atoms with Crippen molar-refractivity contribution < 1.29 is 32.7 Å². The van der Waals surface area contributed by atoms with Gasteiger partial charge < -0.3 is 15.7 Å². The van der Waals surface area contributed by atoms with Gasteiger partial charge >= 0.3 is 12.1 Å². The van der Waals surface area contributed by atoms with E-state index in [0.717, 1.165) is 25.7 Å². The van der Waals surface area contributed by atoms with Gasteiger partial charge in [-0.2, -0.15) is 23.4 Å². The van der Waals surface area contributed by atoms with Gasteiger partial charge in [0.05, 0.1) is 30.0 Å². The second-order valence-corrected chi connectivity index (χ2v) is 11.8. The Labute approximate surface area is 238 Å². The molecule has 0 radical (unpaired) electrons. The predicted octanol–water partition coefficient (Wildman–Crippen LogP) is 3.16. The van der Waals surface area contributed by atoms with Crippen LogP contribution in [0.3, 0.4) is 0 Å². The van der Waals surface area contributed by atoms with Gasteiger partial charge in [0.25, 0.3) is 5.91 Å². The third-order valence-corrected chi connectivity index (χ3v) is 8.88. The molecular formula is C28H32F3N7O4. The molecule has 2 unspecified atom stereocenters. The molecule has 0 spiro atoms. The zero-order valence-corrected chi connectivity index (χ0v) is 23.0. The monoisotopic (exact) mass is 587 g/mol. The lowest BCUT2D eigenvalue weighted by atomic mass is 9.71. The summed E-state index contributed by atoms with van der Waals surface area (Å²) in [6.07, 6.45) is 2.97. The summed E-state index contributed by atoms with van der Waals surface area (Å²) in [6, 6.07) is 2.81. The number of nitrogens with one attached hydrogen (secondary N) is 2. The zero-order valence-electron chi connectivity index (χ0n) is 23.0. The van der Waals surface area contributed by atoms with Crippen molar-refractivity contribution in [1.29, 1.82) is 0 Å². The Bertz CT molecular complexity index is 1510. The van der Waals surface area contributed by atoms with Crippen LogP contribution in [0.5, 0.6) is 0 Å². The minimum Gasteiger partial charge on any atom is -0.480 e. The Balaban J connectivity index is 1.32. The van der Waals surface area contributed by atoms with E-state index in [4.69, 9.17) is 4.98 Å². The molecule has 14 heteroatoms. The number of aryl methyl sites for hydroxylation is 1. The van der Waals surface area contributed by atoms with Gasteiger partial charge in [0, 0.05) is 19.3 Å². The topological polar surface area (TPSA) is 144 Å². The standard InChI is InChI=1S/C28H32F3N7O4/c1-2-37-20(7-8-33-37)24(39)36-23(22(16-3-4-16)17-5-6-17)19-14-38-21(35-19)9-15(12-34-38)10-27(26(41)42)11-18(28(29,30)31)13-32-25(27)40/h7-9,12,14,16-18,22-23H,2-6,10-11,13H2,1H3,(H,32,40)(H,36,39)(H,41,42)/t18-,23?,27?/m0/s1. The first-order chi connectivity index (χ1) is 20.0. The second kappa shape index (κ2) is 10.4. The fourth-order valence-electron chi connectivity index (χ4n) is 6.40. The Kier molecular flexibility index (Phi) is 6.97. The van der Waals surface area contributed by atoms with Crippen molar-refractivity contribution in [2.45, 2.75) is 64.2 Å². The number of piperidine rings is 1. The summed E-state index contributed by atoms with van der Waals surface area (Å²) in [6.45, 7) is 1.78. The molecule has 3 N–H and O–H groups in total. The van der Waals surface area contributed by atoms with Gasteiger partial charge in [-0.1, -0.05) is 0 Å². The smallest absolute Gasteiger partial charge is 0.393 e. The van der Waals surface area contributed by atoms with Crippen LogP contribution in [-0.2, 0) is 22.6 Å². The summed E-state index contributed by atoms with van der Waals surface area (Å²) in [5, 5.41) is 23.9. The molecule has 1 saturated heterocycles. The Hall–Kier alpha value is -3.97. The summed E-state index contributed by atoms with van der Waals surface area (Å²) in [7, 11) is 0. The molecule has 3 aromatic rings. The van der Waals surface area contributed by atoms with Gasteiger partial charge in [0.1, 0.15) is 5.69 Å². The van der Waals surface area contributed by atoms with Crippen LogP contribution in [0, 0.1) is 29.1 Å². The molecule has 224 valence electrons. The molecule has 2 aliphatic carbocycles. The van der Waals surface area contributed by atoms with Crippen LogP contribution in [-0.4, -0.2) is 60.0 Å². The SMILES string of the molecule is CCn1nccc1C(=O)NC(c1cn2ncc(CC3(C(=O)O)C[C@H](C(F)(F)F)CNC3=O)cc2n1)C(C1CC1)C1CC1. The first-order valence-electron chi connectivity index (χ1n) is 14.3. The molecule has 6 rings (SSSR count). The van der Waals surface area contributed by atoms with E-state index < -0.39 is 54.8 Å². The Morgan fingerprint density at radius 2 is 1.93 bits per heavy atom. The van der Waals surface area contributed by atoms with E-state index in [9.17, 15) is 32.7 Å². The first-order valence-corrected chi connectivity index (χ1v) is 14.3. The number of rotatable bonds is 10. The number of carboxylic acid groups (broad SMARTS) is 1. The van der Waals surface area contributed by atoms with E-state index in [1.165, 1.54) is 10.7 Å². The van der Waals surface area contributed by atoms with Crippen LogP contribution in [0.4, 0.5) is 13.2 Å². The van der Waals surface area contributed by atoms with Crippen LogP contribution in [0.1, 0.15) is 66.8 Å². The van der Waals surface area contributed by atoms with Gasteiger partial charge in [0.15, 0.2) is 11.1 Å². The quantitative estimate of drug-likeness (QED) is 0.309. The summed E-state index contributed by atoms with van der Waals surface area (Å²) in [5.41, 5.74) is -0.641. The maximum Gasteiger partial charge on any atom is 0.393 e. The van der Waals surface area contributed by atoms with Crippen molar-refractivity contribution in [1.82, 2.24) is 35.0 Å². The van der Waals surface area contributed by atoms with Gasteiger partial charge in [-0.15, -0.1) is 0 Å². The van der Waals surface area contributed by atoms with Crippen LogP contribution >= 0.6 is 0 Å². The lowest BCUT2D eigenvalue weighted by Crippen LogP contribution is -2.57. The number of aliphatic carboxylic acids is 1. The molecule has 1 aliphatic heterocycles. The number of carbonyl (C=O) groups excluding carboxylic acids is 2. The molecule has 3 atom stereocenters. The predicted molar refractivity (Wildman–Crippen MR) is 141 cm³/mol. The number of nitrogens with zero attached hydrogens (tertiary/aromatic N) is 5. The van der Waals surface area contributed by atoms with E-state index >= 15 is 0 Å². The number of hydrogen-bond donors (Lipinski definition) is 3. The van der Waals surface area contributed by atoms with Crippen molar-refractivity contribution in [3.63, 3.8) is 0 Å². The second-order valence-electron chi connectivity index (χ2n) is 11.8. The van der Waals surface area contributed by atoms with Crippen molar-refractivity contribution in [3.8, 4) is 0 Å². The maximum atomic E-state index is 13.5. The zero-order chi connectivity index (χ0) is 29.8. The van der Waals surface area contributed by atoms with Crippen LogP contribution < -0.4 is 10.6 Å². The number of halogens is 3. The molecule has 2 saturated carbocycles. The van der Waals surface area contributed by atoms with E-state index in [2.05, 4.69) is 20.8 Å². The Morgan fingerprint density at radius 1 is 1.21 bits per heavy atom. The molecule has 3 aliphatic rings. The normalized spacial score (nSPS) is 23.6. The first kappa shape index (κ1) is 28.2. The van der Waals surface area contributed by atoms with E-state index in [1.54, 1.807) is 29.2 Å². The highest BCUT2D eigenvalue weighted by molar-refractivity contribution is 6.02. The molecule has 4 heterocycles. The molecule has 11 nitrogen and oxygen atoms in total. The highest BCUT2D eigenvalue weighted by Crippen LogP contribution is 2.54. The number of amides is 2. The van der Waals surface area contributed by atoms with Crippen molar-refractivity contribution in [2.75, 3.05) is 6.54 Å². The van der Waals surface area contributed by atoms with Crippen molar-refractivity contribution in [2.24, 2.45) is 29.1 Å². The third kappa shape index (κ3) is 5.22. The van der Waals surface area contributed by atoms with Gasteiger partial charge in [-0.3, -0.25) is 19.1 Å². The van der Waals surface area contributed by atoms with Gasteiger partial charge in [-0.05, 0) is 80.9 Å². The van der Waals surface area contributed by atoms with Crippen LogP contribution in [0.2, 0.25) is 0 Å². The molecule has 3 fully saturated rings. The van der Waals surface area contributed by atoms with Gasteiger partial charge in [0.2, 0.25) is 5.91 Å². The summed E-state index contributed by atoms with van der Waals surface area (Å²) in [4.78, 5) is 43.1. The lowest BCUT2D eigenvalue weighted by Gasteiger charge is -2.37. The maximum absolute atomic E-state index is 13.5. The Morgan fingerprint density at radius 3 is 2.55 bits per heavy atom. The van der Waals surface area contributed by atoms with Crippen LogP contribution in [0.15, 0.2) is 30.7 Å². The third-order valence-electron chi connectivity index (χ3n) is 8.88. The molecule has 42 heavy (non-hydrogen) atoms. The summed E-state index contributed by atoms with van der Waals surface area (Å²) in [5.74, 6) is -3.69.